The molecule has 0 aromatic carbocycles. The third-order valence-electron chi connectivity index (χ3n) is 2.07. The van der Waals surface area contributed by atoms with Gasteiger partial charge in [-0.3, -0.25) is 0 Å². The fraction of sp³-hybridized carbons (Fsp3) is 0.750. The zero-order chi connectivity index (χ0) is 9.99. The number of hydrogen-bond acceptors (Lipinski definition) is 3. The Morgan fingerprint density at radius 3 is 2.25 bits per heavy atom. The lowest BCUT2D eigenvalue weighted by molar-refractivity contribution is 0.143. The summed E-state index contributed by atoms with van der Waals surface area (Å²) in [5, 5.41) is 9.39. The van der Waals surface area contributed by atoms with Crippen LogP contribution >= 0.6 is 0 Å². The molecule has 0 fully saturated rings. The van der Waals surface area contributed by atoms with Crippen molar-refractivity contribution in [2.75, 3.05) is 6.26 Å². The lowest BCUT2D eigenvalue weighted by Gasteiger charge is -2.27. The minimum atomic E-state index is -3.27. The monoisotopic (exact) mass is 190 g/mol. The first-order valence-electron chi connectivity index (χ1n) is 3.54. The molecule has 0 heterocycles. The maximum absolute atomic E-state index is 11.1. The van der Waals surface area contributed by atoms with Gasteiger partial charge in [0.15, 0.2) is 9.84 Å². The van der Waals surface area contributed by atoms with Gasteiger partial charge >= 0.3 is 0 Å². The first kappa shape index (κ1) is 11.5. The Kier molecular flexibility index (Phi) is 3.31. The molecule has 70 valence electrons. The second-order valence-electron chi connectivity index (χ2n) is 3.30. The lowest BCUT2D eigenvalue weighted by Crippen LogP contribution is -2.43. The molecule has 0 aromatic rings. The minimum Gasteiger partial charge on any atom is -0.391 e. The first-order valence-corrected chi connectivity index (χ1v) is 5.43. The van der Waals surface area contributed by atoms with E-state index in [-0.39, 0.29) is 6.42 Å². The summed E-state index contributed by atoms with van der Waals surface area (Å²) < 4.78 is 21.1. The molecule has 0 rings (SSSR count). The number of aliphatic hydroxyl groups is 1. The van der Waals surface area contributed by atoms with Gasteiger partial charge in [0.25, 0.3) is 0 Å². The SMILES string of the molecule is C#CCC(O)C(C)(C)S(C)(=O)=O. The van der Waals surface area contributed by atoms with Crippen molar-refractivity contribution in [3.8, 4) is 12.3 Å². The van der Waals surface area contributed by atoms with Crippen molar-refractivity contribution >= 4 is 9.84 Å². The van der Waals surface area contributed by atoms with Crippen molar-refractivity contribution in [1.29, 1.82) is 0 Å². The second-order valence-corrected chi connectivity index (χ2v) is 5.90. The van der Waals surface area contributed by atoms with Crippen molar-refractivity contribution in [3.63, 3.8) is 0 Å². The van der Waals surface area contributed by atoms with Crippen LogP contribution < -0.4 is 0 Å². The Bertz CT molecular complexity index is 282. The topological polar surface area (TPSA) is 54.4 Å². The van der Waals surface area contributed by atoms with Crippen molar-refractivity contribution < 1.29 is 13.5 Å². The van der Waals surface area contributed by atoms with E-state index in [1.807, 2.05) is 0 Å². The van der Waals surface area contributed by atoms with Crippen LogP contribution in [0.5, 0.6) is 0 Å². The highest BCUT2D eigenvalue weighted by molar-refractivity contribution is 7.92. The van der Waals surface area contributed by atoms with Gasteiger partial charge in [-0.25, -0.2) is 8.42 Å². The summed E-state index contributed by atoms with van der Waals surface area (Å²) in [7, 11) is -3.27. The van der Waals surface area contributed by atoms with E-state index in [0.29, 0.717) is 0 Å². The standard InChI is InChI=1S/C8H14O3S/c1-5-6-7(9)8(2,3)12(4,10)11/h1,7,9H,6H2,2-4H3. The summed E-state index contributed by atoms with van der Waals surface area (Å²) >= 11 is 0. The third-order valence-corrected chi connectivity index (χ3v) is 4.25. The van der Waals surface area contributed by atoms with Crippen LogP contribution in [0.4, 0.5) is 0 Å². The van der Waals surface area contributed by atoms with E-state index >= 15 is 0 Å². The number of aliphatic hydroxyl groups excluding tert-OH is 1. The van der Waals surface area contributed by atoms with Crippen molar-refractivity contribution in [2.24, 2.45) is 0 Å². The van der Waals surface area contributed by atoms with Gasteiger partial charge in [0.05, 0.1) is 10.9 Å². The van der Waals surface area contributed by atoms with E-state index in [4.69, 9.17) is 6.42 Å². The molecule has 0 saturated heterocycles. The van der Waals surface area contributed by atoms with E-state index in [1.165, 1.54) is 13.8 Å². The van der Waals surface area contributed by atoms with Gasteiger partial charge in [-0.15, -0.1) is 12.3 Å². The maximum Gasteiger partial charge on any atom is 0.155 e. The highest BCUT2D eigenvalue weighted by atomic mass is 32.2. The van der Waals surface area contributed by atoms with Crippen LogP contribution in [-0.2, 0) is 9.84 Å². The number of sulfone groups is 1. The summed E-state index contributed by atoms with van der Waals surface area (Å²) in [4.78, 5) is 0. The molecule has 1 atom stereocenters. The Balaban J connectivity index is 4.77. The van der Waals surface area contributed by atoms with Crippen LogP contribution in [0.15, 0.2) is 0 Å². The molecule has 0 saturated carbocycles. The summed E-state index contributed by atoms with van der Waals surface area (Å²) in [6, 6.07) is 0. The average molecular weight is 190 g/mol. The number of terminal acetylenes is 1. The Morgan fingerprint density at radius 1 is 1.58 bits per heavy atom. The molecule has 0 radical (unpaired) electrons. The predicted octanol–water partition coefficient (Wildman–Crippen LogP) is 0.194. The van der Waals surface area contributed by atoms with Crippen LogP contribution in [0.2, 0.25) is 0 Å². The number of rotatable bonds is 3. The van der Waals surface area contributed by atoms with Crippen LogP contribution in [0.25, 0.3) is 0 Å². The van der Waals surface area contributed by atoms with Gasteiger partial charge in [-0.1, -0.05) is 0 Å². The van der Waals surface area contributed by atoms with Gasteiger partial charge in [-0.2, -0.15) is 0 Å². The average Bonchev–Trinajstić information content (AvgIpc) is 1.85. The third kappa shape index (κ3) is 2.23. The lowest BCUT2D eigenvalue weighted by atomic mass is 10.0. The molecule has 0 bridgehead atoms. The second kappa shape index (κ2) is 3.46. The van der Waals surface area contributed by atoms with E-state index < -0.39 is 20.7 Å². The number of hydrogen-bond donors (Lipinski definition) is 1. The molecule has 3 nitrogen and oxygen atoms in total. The Morgan fingerprint density at radius 2 is 2.00 bits per heavy atom. The summed E-state index contributed by atoms with van der Waals surface area (Å²) in [6.45, 7) is 2.93. The minimum absolute atomic E-state index is 0.0556. The van der Waals surface area contributed by atoms with E-state index in [1.54, 1.807) is 0 Å². The molecule has 0 aliphatic carbocycles. The van der Waals surface area contributed by atoms with E-state index in [2.05, 4.69) is 5.92 Å². The zero-order valence-corrected chi connectivity index (χ0v) is 8.35. The quantitative estimate of drug-likeness (QED) is 0.646. The fourth-order valence-electron chi connectivity index (χ4n) is 0.605. The van der Waals surface area contributed by atoms with Crippen molar-refractivity contribution in [2.45, 2.75) is 31.1 Å². The largest absolute Gasteiger partial charge is 0.391 e. The van der Waals surface area contributed by atoms with Gasteiger partial charge < -0.3 is 5.11 Å². The molecule has 0 aliphatic heterocycles. The normalized spacial score (nSPS) is 15.2. The van der Waals surface area contributed by atoms with Crippen molar-refractivity contribution in [1.82, 2.24) is 0 Å². The Hall–Kier alpha value is -0.530. The van der Waals surface area contributed by atoms with Crippen LogP contribution in [-0.4, -0.2) is 30.6 Å². The molecule has 1 unspecified atom stereocenters. The maximum atomic E-state index is 11.1. The summed E-state index contributed by atoms with van der Waals surface area (Å²) in [6.07, 6.45) is 5.11. The molecule has 4 heteroatoms. The Labute approximate surface area is 73.7 Å². The van der Waals surface area contributed by atoms with Gasteiger partial charge in [-0.05, 0) is 13.8 Å². The highest BCUT2D eigenvalue weighted by Gasteiger charge is 2.37. The van der Waals surface area contributed by atoms with E-state index in [9.17, 15) is 13.5 Å². The van der Waals surface area contributed by atoms with Gasteiger partial charge in [0.1, 0.15) is 0 Å². The molecular formula is C8H14O3S. The molecule has 0 amide bonds. The van der Waals surface area contributed by atoms with Crippen molar-refractivity contribution in [3.05, 3.63) is 0 Å². The molecule has 0 aliphatic rings. The van der Waals surface area contributed by atoms with Gasteiger partial charge in [0.2, 0.25) is 0 Å². The summed E-state index contributed by atoms with van der Waals surface area (Å²) in [5.41, 5.74) is 0. The zero-order valence-electron chi connectivity index (χ0n) is 7.53. The molecular weight excluding hydrogens is 176 g/mol. The molecule has 1 N–H and O–H groups in total. The highest BCUT2D eigenvalue weighted by Crippen LogP contribution is 2.21. The van der Waals surface area contributed by atoms with Crippen LogP contribution in [0, 0.1) is 12.3 Å². The van der Waals surface area contributed by atoms with Crippen LogP contribution in [0.1, 0.15) is 20.3 Å². The van der Waals surface area contributed by atoms with E-state index in [0.717, 1.165) is 6.26 Å². The fourth-order valence-corrected chi connectivity index (χ4v) is 1.18. The van der Waals surface area contributed by atoms with Gasteiger partial charge in [0, 0.05) is 12.7 Å². The predicted molar refractivity (Wildman–Crippen MR) is 48.4 cm³/mol. The molecule has 0 spiro atoms. The van der Waals surface area contributed by atoms with Crippen LogP contribution in [0.3, 0.4) is 0 Å². The molecule has 0 aromatic heterocycles. The summed E-state index contributed by atoms with van der Waals surface area (Å²) in [5.74, 6) is 2.23. The first-order chi connectivity index (χ1) is 5.23. The molecule has 12 heavy (non-hydrogen) atoms. The smallest absolute Gasteiger partial charge is 0.155 e.